The van der Waals surface area contributed by atoms with Crippen LogP contribution in [0, 0.1) is 0 Å². The van der Waals surface area contributed by atoms with E-state index in [1.54, 1.807) is 31.4 Å². The summed E-state index contributed by atoms with van der Waals surface area (Å²) in [4.78, 5) is 25.8. The van der Waals surface area contributed by atoms with Gasteiger partial charge < -0.3 is 4.74 Å². The summed E-state index contributed by atoms with van der Waals surface area (Å²) in [6.45, 7) is 3.81. The molecular formula is C15H13BrN2O3S. The molecule has 0 radical (unpaired) electrons. The molecule has 1 fully saturated rings. The second kappa shape index (κ2) is 6.85. The van der Waals surface area contributed by atoms with Crippen LogP contribution in [0.1, 0.15) is 5.56 Å². The van der Waals surface area contributed by atoms with Crippen LogP contribution in [0.3, 0.4) is 0 Å². The van der Waals surface area contributed by atoms with Gasteiger partial charge in [0.05, 0.1) is 7.11 Å². The van der Waals surface area contributed by atoms with Crippen LogP contribution in [0.5, 0.6) is 5.75 Å². The molecule has 2 amide bonds. The lowest BCUT2D eigenvalue weighted by atomic mass is 10.1. The van der Waals surface area contributed by atoms with Crippen LogP contribution in [0.2, 0.25) is 0 Å². The Balaban J connectivity index is 2.45. The number of hydrogen-bond donors (Lipinski definition) is 1. The summed E-state index contributed by atoms with van der Waals surface area (Å²) in [6, 6.07) is 5.28. The molecule has 1 aliphatic rings. The average Bonchev–Trinajstić information content (AvgIpc) is 2.49. The van der Waals surface area contributed by atoms with Crippen molar-refractivity contribution in [1.29, 1.82) is 0 Å². The third kappa shape index (κ3) is 3.26. The standard InChI is InChI=1S/C15H13BrN2O3S/c1-3-6-18-14(20)11(13(19)17-15(18)22)8-9-7-10(21-2)4-5-12(9)16/h3-5,7-8H,1,6H2,2H3,(H,17,19,22). The first-order chi connectivity index (χ1) is 10.5. The number of rotatable bonds is 4. The highest BCUT2D eigenvalue weighted by molar-refractivity contribution is 9.10. The van der Waals surface area contributed by atoms with E-state index in [4.69, 9.17) is 17.0 Å². The number of thiocarbonyl (C=S) groups is 1. The summed E-state index contributed by atoms with van der Waals surface area (Å²) < 4.78 is 5.89. The number of hydrogen-bond acceptors (Lipinski definition) is 4. The predicted molar refractivity (Wildman–Crippen MR) is 91.3 cm³/mol. The van der Waals surface area contributed by atoms with Gasteiger partial charge in [0.2, 0.25) is 0 Å². The first-order valence-electron chi connectivity index (χ1n) is 6.31. The highest BCUT2D eigenvalue weighted by Crippen LogP contribution is 2.25. The van der Waals surface area contributed by atoms with Crippen molar-refractivity contribution in [2.24, 2.45) is 0 Å². The topological polar surface area (TPSA) is 58.6 Å². The molecule has 1 heterocycles. The van der Waals surface area contributed by atoms with Crippen LogP contribution in [0.4, 0.5) is 0 Å². The second-order valence-electron chi connectivity index (χ2n) is 4.41. The lowest BCUT2D eigenvalue weighted by Crippen LogP contribution is -2.53. The molecule has 1 aliphatic heterocycles. The zero-order valence-corrected chi connectivity index (χ0v) is 14.2. The summed E-state index contributed by atoms with van der Waals surface area (Å²) in [5, 5.41) is 2.58. The molecule has 0 aromatic heterocycles. The summed E-state index contributed by atoms with van der Waals surface area (Å²) in [5.41, 5.74) is 0.661. The van der Waals surface area contributed by atoms with Gasteiger partial charge in [-0.3, -0.25) is 19.8 Å². The summed E-state index contributed by atoms with van der Waals surface area (Å²) in [5.74, 6) is -0.356. The Morgan fingerprint density at radius 2 is 2.18 bits per heavy atom. The number of nitrogens with one attached hydrogen (secondary N) is 1. The zero-order valence-electron chi connectivity index (χ0n) is 11.8. The van der Waals surface area contributed by atoms with Crippen molar-refractivity contribution in [3.8, 4) is 5.75 Å². The van der Waals surface area contributed by atoms with Gasteiger partial charge in [-0.05, 0) is 42.1 Å². The van der Waals surface area contributed by atoms with E-state index in [2.05, 4.69) is 27.8 Å². The normalized spacial score (nSPS) is 16.7. The fraction of sp³-hybridized carbons (Fsp3) is 0.133. The van der Waals surface area contributed by atoms with Gasteiger partial charge in [-0.2, -0.15) is 0 Å². The highest BCUT2D eigenvalue weighted by atomic mass is 79.9. The molecule has 1 saturated heterocycles. The van der Waals surface area contributed by atoms with Crippen molar-refractivity contribution in [2.75, 3.05) is 13.7 Å². The molecule has 0 spiro atoms. The number of methoxy groups -OCH3 is 1. The number of benzene rings is 1. The van der Waals surface area contributed by atoms with Crippen LogP contribution < -0.4 is 10.1 Å². The van der Waals surface area contributed by atoms with E-state index >= 15 is 0 Å². The number of amides is 2. The van der Waals surface area contributed by atoms with Crippen LogP contribution in [-0.2, 0) is 9.59 Å². The first kappa shape index (κ1) is 16.4. The minimum Gasteiger partial charge on any atom is -0.497 e. The number of nitrogens with zero attached hydrogens (tertiary/aromatic N) is 1. The van der Waals surface area contributed by atoms with Gasteiger partial charge in [0.15, 0.2) is 5.11 Å². The van der Waals surface area contributed by atoms with Gasteiger partial charge in [-0.15, -0.1) is 6.58 Å². The minimum absolute atomic E-state index is 0.00408. The Labute approximate surface area is 141 Å². The van der Waals surface area contributed by atoms with Gasteiger partial charge >= 0.3 is 0 Å². The highest BCUT2D eigenvalue weighted by Gasteiger charge is 2.32. The van der Waals surface area contributed by atoms with Gasteiger partial charge in [0, 0.05) is 11.0 Å². The van der Waals surface area contributed by atoms with Crippen molar-refractivity contribution in [3.05, 3.63) is 46.5 Å². The maximum absolute atomic E-state index is 12.4. The van der Waals surface area contributed by atoms with Crippen LogP contribution >= 0.6 is 28.1 Å². The van der Waals surface area contributed by atoms with Crippen molar-refractivity contribution in [1.82, 2.24) is 10.2 Å². The van der Waals surface area contributed by atoms with E-state index in [1.165, 1.54) is 11.0 Å². The molecule has 1 aromatic carbocycles. The van der Waals surface area contributed by atoms with Crippen molar-refractivity contribution < 1.29 is 14.3 Å². The molecular weight excluding hydrogens is 368 g/mol. The molecule has 1 N–H and O–H groups in total. The summed E-state index contributed by atoms with van der Waals surface area (Å²) in [7, 11) is 1.54. The SMILES string of the molecule is C=CCN1C(=O)C(=Cc2cc(OC)ccc2Br)C(=O)NC1=S. The molecule has 0 unspecified atom stereocenters. The lowest BCUT2D eigenvalue weighted by molar-refractivity contribution is -0.128. The Morgan fingerprint density at radius 3 is 2.82 bits per heavy atom. The Bertz CT molecular complexity index is 700. The van der Waals surface area contributed by atoms with Crippen LogP contribution in [0.15, 0.2) is 40.9 Å². The van der Waals surface area contributed by atoms with Crippen molar-refractivity contribution in [2.45, 2.75) is 0 Å². The Hall–Kier alpha value is -1.99. The molecule has 0 saturated carbocycles. The second-order valence-corrected chi connectivity index (χ2v) is 5.65. The third-order valence-corrected chi connectivity index (χ3v) is 4.05. The van der Waals surface area contributed by atoms with Crippen LogP contribution in [-0.4, -0.2) is 35.5 Å². The zero-order chi connectivity index (χ0) is 16.3. The lowest BCUT2D eigenvalue weighted by Gasteiger charge is -2.27. The van der Waals surface area contributed by atoms with Crippen molar-refractivity contribution in [3.63, 3.8) is 0 Å². The maximum atomic E-state index is 12.4. The fourth-order valence-electron chi connectivity index (χ4n) is 1.90. The van der Waals surface area contributed by atoms with Gasteiger partial charge in [-0.25, -0.2) is 0 Å². The number of carbonyl (C=O) groups is 2. The number of halogens is 1. The first-order valence-corrected chi connectivity index (χ1v) is 7.51. The molecule has 0 atom stereocenters. The Morgan fingerprint density at radius 1 is 1.45 bits per heavy atom. The largest absolute Gasteiger partial charge is 0.497 e. The molecule has 2 rings (SSSR count). The number of ether oxygens (including phenoxy) is 1. The van der Waals surface area contributed by atoms with E-state index < -0.39 is 11.8 Å². The summed E-state index contributed by atoms with van der Waals surface area (Å²) in [6.07, 6.45) is 3.04. The van der Waals surface area contributed by atoms with E-state index in [0.717, 1.165) is 4.47 Å². The molecule has 5 nitrogen and oxygen atoms in total. The van der Waals surface area contributed by atoms with Gasteiger partial charge in [-0.1, -0.05) is 22.0 Å². The van der Waals surface area contributed by atoms with E-state index in [9.17, 15) is 9.59 Å². The van der Waals surface area contributed by atoms with Crippen LogP contribution in [0.25, 0.3) is 6.08 Å². The van der Waals surface area contributed by atoms with E-state index in [-0.39, 0.29) is 17.2 Å². The van der Waals surface area contributed by atoms with Gasteiger partial charge in [0.25, 0.3) is 11.8 Å². The van der Waals surface area contributed by atoms with E-state index in [1.807, 2.05) is 0 Å². The third-order valence-electron chi connectivity index (χ3n) is 3.00. The molecule has 7 heteroatoms. The molecule has 114 valence electrons. The maximum Gasteiger partial charge on any atom is 0.265 e. The average molecular weight is 381 g/mol. The quantitative estimate of drug-likeness (QED) is 0.376. The number of carbonyl (C=O) groups excluding carboxylic acids is 2. The Kier molecular flexibility index (Phi) is 5.10. The molecule has 22 heavy (non-hydrogen) atoms. The van der Waals surface area contributed by atoms with Gasteiger partial charge in [0.1, 0.15) is 11.3 Å². The van der Waals surface area contributed by atoms with Crippen molar-refractivity contribution >= 4 is 51.2 Å². The smallest absolute Gasteiger partial charge is 0.265 e. The molecule has 0 aliphatic carbocycles. The fourth-order valence-corrected chi connectivity index (χ4v) is 2.52. The molecule has 0 bridgehead atoms. The predicted octanol–water partition coefficient (Wildman–Crippen LogP) is 2.27. The van der Waals surface area contributed by atoms with E-state index in [0.29, 0.717) is 11.3 Å². The monoisotopic (exact) mass is 380 g/mol. The summed E-state index contributed by atoms with van der Waals surface area (Å²) >= 11 is 8.38. The minimum atomic E-state index is -0.523. The molecule has 1 aromatic rings.